The topological polar surface area (TPSA) is 153 Å². The summed E-state index contributed by atoms with van der Waals surface area (Å²) in [6.07, 6.45) is 0. The summed E-state index contributed by atoms with van der Waals surface area (Å²) in [7, 11) is 1.36. The maximum atomic E-state index is 11.5. The molecule has 1 aromatic rings. The van der Waals surface area contributed by atoms with Gasteiger partial charge in [-0.2, -0.15) is 0 Å². The second-order valence-electron chi connectivity index (χ2n) is 2.40. The Morgan fingerprint density at radius 2 is 2.35 bits per heavy atom. The maximum absolute atomic E-state index is 11.5. The van der Waals surface area contributed by atoms with Crippen LogP contribution in [0.1, 0.15) is 5.69 Å². The van der Waals surface area contributed by atoms with Crippen molar-refractivity contribution in [3.05, 3.63) is 11.1 Å². The molecule has 17 heavy (non-hydrogen) atoms. The number of thiazole rings is 1. The number of nitrogen functional groups attached to an aromatic ring is 1. The summed E-state index contributed by atoms with van der Waals surface area (Å²) < 4.78 is 0. The first-order chi connectivity index (χ1) is 7.19. The van der Waals surface area contributed by atoms with Crippen LogP contribution < -0.4 is 11.1 Å². The molecule has 0 spiro atoms. The van der Waals surface area contributed by atoms with Gasteiger partial charge >= 0.3 is 0 Å². The Bertz CT molecular complexity index is 384. The smallest absolute Gasteiger partial charge is 0.274 e. The molecule has 1 rings (SSSR count). The lowest BCUT2D eigenvalue weighted by atomic mass is 10.3. The lowest BCUT2D eigenvalue weighted by molar-refractivity contribution is -0.114. The quantitative estimate of drug-likeness (QED) is 0.359. The zero-order chi connectivity index (χ0) is 11.3. The van der Waals surface area contributed by atoms with Crippen LogP contribution in [0.15, 0.2) is 10.5 Å². The number of amides is 1. The molecule has 0 saturated heterocycles. The molecule has 7 N–H and O–H groups in total. The van der Waals surface area contributed by atoms with Crippen molar-refractivity contribution in [1.29, 1.82) is 0 Å². The molecule has 0 saturated carbocycles. The third-order valence-corrected chi connectivity index (χ3v) is 2.30. The summed E-state index contributed by atoms with van der Waals surface area (Å²) in [5, 5.41) is 8.65. The van der Waals surface area contributed by atoms with E-state index in [1.165, 1.54) is 18.4 Å². The van der Waals surface area contributed by atoms with Gasteiger partial charge in [-0.15, -0.1) is 11.3 Å². The number of carbonyl (C=O) groups excluding carboxylic acids is 1. The molecule has 94 valence electrons. The van der Waals surface area contributed by atoms with Gasteiger partial charge in [0.2, 0.25) is 0 Å². The van der Waals surface area contributed by atoms with E-state index in [9.17, 15) is 4.79 Å². The van der Waals surface area contributed by atoms with Crippen LogP contribution >= 0.6 is 11.3 Å². The van der Waals surface area contributed by atoms with Crippen molar-refractivity contribution >= 4 is 44.4 Å². The summed E-state index contributed by atoms with van der Waals surface area (Å²) in [5.74, 6) is -0.350. The molecule has 0 unspecified atom stereocenters. The van der Waals surface area contributed by atoms with E-state index in [1.807, 2.05) is 0 Å². The van der Waals surface area contributed by atoms with Gasteiger partial charge in [0.1, 0.15) is 12.8 Å². The fourth-order valence-electron chi connectivity index (χ4n) is 0.869. The van der Waals surface area contributed by atoms with Crippen LogP contribution in [-0.4, -0.2) is 56.4 Å². The Labute approximate surface area is 110 Å². The lowest BCUT2D eigenvalue weighted by Gasteiger charge is -2.02. The average molecular weight is 276 g/mol. The number of rotatable bonds is 4. The summed E-state index contributed by atoms with van der Waals surface area (Å²) in [5.41, 5.74) is 5.99. The molecular formula is C7H13AlN4O4S. The number of carbonyl (C=O) groups is 1. The minimum absolute atomic E-state index is 0. The molecule has 1 amide bonds. The molecule has 0 aromatic carbocycles. The molecular weight excluding hydrogens is 263 g/mol. The second kappa shape index (κ2) is 8.92. The van der Waals surface area contributed by atoms with Crippen molar-refractivity contribution in [3.8, 4) is 0 Å². The maximum Gasteiger partial charge on any atom is 0.274 e. The first-order valence-electron chi connectivity index (χ1n) is 3.99. The molecule has 0 aliphatic rings. The molecule has 0 fully saturated rings. The van der Waals surface area contributed by atoms with Crippen LogP contribution in [0.2, 0.25) is 0 Å². The van der Waals surface area contributed by atoms with Gasteiger partial charge in [0.25, 0.3) is 5.91 Å². The molecule has 1 heterocycles. The highest BCUT2D eigenvalue weighted by molar-refractivity contribution is 7.13. The van der Waals surface area contributed by atoms with E-state index in [0.717, 1.165) is 0 Å². The number of nitrogens with two attached hydrogens (primary N) is 1. The number of oxime groups is 1. The van der Waals surface area contributed by atoms with Crippen LogP contribution in [0.5, 0.6) is 0 Å². The molecule has 0 bridgehead atoms. The van der Waals surface area contributed by atoms with Crippen molar-refractivity contribution < 1.29 is 20.6 Å². The molecule has 0 atom stereocenters. The molecule has 8 nitrogen and oxygen atoms in total. The van der Waals surface area contributed by atoms with Gasteiger partial charge in [-0.3, -0.25) is 4.79 Å². The minimum Gasteiger partial charge on any atom is -0.412 e. The van der Waals surface area contributed by atoms with Crippen molar-refractivity contribution in [1.82, 2.24) is 10.3 Å². The summed E-state index contributed by atoms with van der Waals surface area (Å²) >= 11 is 3.62. The number of nitrogens with zero attached hydrogens (tertiary/aromatic N) is 2. The highest BCUT2D eigenvalue weighted by Gasteiger charge is 2.16. The first-order valence-corrected chi connectivity index (χ1v) is 5.69. The Balaban J connectivity index is 0. The fourth-order valence-corrected chi connectivity index (χ4v) is 1.60. The largest absolute Gasteiger partial charge is 0.412 e. The molecule has 0 aliphatic carbocycles. The van der Waals surface area contributed by atoms with E-state index >= 15 is 0 Å². The Morgan fingerprint density at radius 1 is 1.71 bits per heavy atom. The highest BCUT2D eigenvalue weighted by atomic mass is 32.1. The standard InChI is InChI=1S/C7H9N4O2S.Al.2H2O/c1-9-6(12)5(11-13-2)4-3-14-7(8)10-4;;;/h3H,1H2,2H3,(H2,8,10)(H,9,12);;2*1H2/b11-5-;;;. The van der Waals surface area contributed by atoms with Gasteiger partial charge in [0, 0.05) is 5.38 Å². The van der Waals surface area contributed by atoms with E-state index in [4.69, 9.17) is 5.73 Å². The molecule has 10 heteroatoms. The number of hydrogen-bond donors (Lipinski definition) is 2. The number of hydrogen-bond acceptors (Lipinski definition) is 6. The van der Waals surface area contributed by atoms with Gasteiger partial charge in [0.05, 0.1) is 0 Å². The predicted molar refractivity (Wildman–Crippen MR) is 66.1 cm³/mol. The van der Waals surface area contributed by atoms with Crippen LogP contribution in [0.3, 0.4) is 0 Å². The average Bonchev–Trinajstić information content (AvgIpc) is 2.61. The van der Waals surface area contributed by atoms with Crippen LogP contribution in [0, 0.1) is 0 Å². The third kappa shape index (κ3) is 5.12. The van der Waals surface area contributed by atoms with Gasteiger partial charge in [-0.1, -0.05) is 10.6 Å². The van der Waals surface area contributed by atoms with E-state index in [1.54, 1.807) is 5.38 Å². The summed E-state index contributed by atoms with van der Waals surface area (Å²) in [6, 6.07) is 0. The van der Waals surface area contributed by atoms with E-state index in [0.29, 0.717) is 16.2 Å². The predicted octanol–water partition coefficient (Wildman–Crippen LogP) is -2.33. The third-order valence-electron chi connectivity index (χ3n) is 1.42. The molecule has 1 aromatic heterocycles. The Hall–Kier alpha value is -1.18. The van der Waals surface area contributed by atoms with Gasteiger partial charge < -0.3 is 26.8 Å². The van der Waals surface area contributed by atoms with E-state index in [-0.39, 0.29) is 22.6 Å². The highest BCUT2D eigenvalue weighted by Crippen LogP contribution is 2.12. The zero-order valence-corrected chi connectivity index (χ0v) is 11.0. The van der Waals surface area contributed by atoms with Crippen molar-refractivity contribution in [2.45, 2.75) is 0 Å². The molecule has 2 radical (unpaired) electrons. The number of anilines is 1. The van der Waals surface area contributed by atoms with Gasteiger partial charge in [-0.05, 0) is 0 Å². The van der Waals surface area contributed by atoms with Crippen LogP contribution in [0.25, 0.3) is 0 Å². The normalized spacial score (nSPS) is 9.82. The fraction of sp³-hybridized carbons (Fsp3) is 0.286. The van der Waals surface area contributed by atoms with Gasteiger partial charge in [-0.25, -0.2) is 4.98 Å². The van der Waals surface area contributed by atoms with Crippen LogP contribution in [0.4, 0.5) is 5.13 Å². The van der Waals surface area contributed by atoms with Crippen molar-refractivity contribution in [3.63, 3.8) is 0 Å². The number of aromatic nitrogens is 1. The van der Waals surface area contributed by atoms with Crippen LogP contribution in [-0.2, 0) is 9.63 Å². The summed E-state index contributed by atoms with van der Waals surface area (Å²) in [6.45, 7) is 0. The molecule has 0 aliphatic heterocycles. The summed E-state index contributed by atoms with van der Waals surface area (Å²) in [4.78, 5) is 20.1. The van der Waals surface area contributed by atoms with Crippen molar-refractivity contribution in [2.75, 3.05) is 18.3 Å². The Morgan fingerprint density at radius 3 is 2.76 bits per heavy atom. The Kier molecular flexibility index (Phi) is 9.54. The second-order valence-corrected chi connectivity index (χ2v) is 3.70. The van der Waals surface area contributed by atoms with Gasteiger partial charge in [0.15, 0.2) is 27.1 Å². The van der Waals surface area contributed by atoms with Crippen molar-refractivity contribution in [2.24, 2.45) is 5.16 Å². The van der Waals surface area contributed by atoms with E-state index < -0.39 is 0 Å². The zero-order valence-electron chi connectivity index (χ0n) is 9.06. The number of nitrogens with one attached hydrogen (secondary N) is 1. The van der Waals surface area contributed by atoms with E-state index in [2.05, 4.69) is 36.6 Å². The minimum atomic E-state index is -0.350. The monoisotopic (exact) mass is 276 g/mol. The first kappa shape index (κ1) is 18.2. The SMILES string of the molecule is CO/N=C(\C(=O)N[CH2][Al])c1csc(N)n1.O.O. The lowest BCUT2D eigenvalue weighted by Crippen LogP contribution is -2.32.